The first kappa shape index (κ1) is 10.7. The second kappa shape index (κ2) is 4.12. The molecule has 0 aromatic carbocycles. The smallest absolute Gasteiger partial charge is 0.226 e. The Morgan fingerprint density at radius 1 is 1.53 bits per heavy atom. The molecule has 17 heavy (non-hydrogen) atoms. The topological polar surface area (TPSA) is 66.9 Å². The summed E-state index contributed by atoms with van der Waals surface area (Å²) >= 11 is 5.91. The maximum Gasteiger partial charge on any atom is 0.226 e. The first-order chi connectivity index (χ1) is 8.24. The quantitative estimate of drug-likeness (QED) is 0.775. The lowest BCUT2D eigenvalue weighted by molar-refractivity contribution is 0.0530. The molecule has 7 heteroatoms. The van der Waals surface area contributed by atoms with Gasteiger partial charge in [0.25, 0.3) is 0 Å². The number of halogens is 1. The van der Waals surface area contributed by atoms with E-state index in [1.165, 1.54) is 0 Å². The molecule has 0 saturated carbocycles. The number of aromatic amines is 1. The molecule has 0 bridgehead atoms. The number of fused-ring (bicyclic) bond motifs is 1. The van der Waals surface area contributed by atoms with Gasteiger partial charge in [-0.05, 0) is 18.5 Å². The molecule has 0 amide bonds. The van der Waals surface area contributed by atoms with Gasteiger partial charge in [0, 0.05) is 13.1 Å². The molecule has 0 spiro atoms. The average Bonchev–Trinajstić information content (AvgIpc) is 2.75. The normalized spacial score (nSPS) is 21.1. The van der Waals surface area contributed by atoms with E-state index in [1.54, 1.807) is 6.20 Å². The van der Waals surface area contributed by atoms with Gasteiger partial charge in [0.05, 0.1) is 24.3 Å². The van der Waals surface area contributed by atoms with E-state index >= 15 is 0 Å². The first-order valence-corrected chi connectivity index (χ1v) is 5.85. The lowest BCUT2D eigenvalue weighted by Crippen LogP contribution is -2.41. The van der Waals surface area contributed by atoms with Crippen molar-refractivity contribution in [3.05, 3.63) is 11.5 Å². The van der Waals surface area contributed by atoms with E-state index in [0.717, 1.165) is 24.3 Å². The number of rotatable bonds is 1. The zero-order chi connectivity index (χ0) is 11.8. The van der Waals surface area contributed by atoms with Crippen molar-refractivity contribution in [3.63, 3.8) is 0 Å². The third kappa shape index (κ3) is 1.94. The molecule has 0 aliphatic carbocycles. The van der Waals surface area contributed by atoms with E-state index < -0.39 is 0 Å². The van der Waals surface area contributed by atoms with Crippen LogP contribution in [0.4, 0.5) is 5.82 Å². The van der Waals surface area contributed by atoms with Gasteiger partial charge in [-0.1, -0.05) is 0 Å². The van der Waals surface area contributed by atoms with Gasteiger partial charge in [0.15, 0.2) is 5.65 Å². The van der Waals surface area contributed by atoms with Crippen LogP contribution in [0.15, 0.2) is 6.20 Å². The summed E-state index contributed by atoms with van der Waals surface area (Å²) in [5, 5.41) is 7.90. The van der Waals surface area contributed by atoms with Crippen molar-refractivity contribution < 1.29 is 4.74 Å². The van der Waals surface area contributed by atoms with E-state index in [1.807, 2.05) is 6.92 Å². The summed E-state index contributed by atoms with van der Waals surface area (Å²) in [6.07, 6.45) is 1.92. The van der Waals surface area contributed by atoms with E-state index in [0.29, 0.717) is 12.3 Å². The van der Waals surface area contributed by atoms with Gasteiger partial charge in [0.2, 0.25) is 5.28 Å². The Labute approximate surface area is 103 Å². The van der Waals surface area contributed by atoms with Crippen molar-refractivity contribution in [3.8, 4) is 0 Å². The maximum atomic E-state index is 5.91. The Hall–Kier alpha value is -1.40. The van der Waals surface area contributed by atoms with Crippen molar-refractivity contribution in [1.29, 1.82) is 0 Å². The number of H-pyrrole nitrogens is 1. The van der Waals surface area contributed by atoms with Crippen LogP contribution in [0.3, 0.4) is 0 Å². The minimum absolute atomic E-state index is 0.194. The van der Waals surface area contributed by atoms with E-state index in [4.69, 9.17) is 16.3 Å². The van der Waals surface area contributed by atoms with E-state index in [-0.39, 0.29) is 11.4 Å². The molecule has 2 aromatic heterocycles. The molecule has 90 valence electrons. The first-order valence-electron chi connectivity index (χ1n) is 5.47. The van der Waals surface area contributed by atoms with Crippen LogP contribution in [0.5, 0.6) is 0 Å². The summed E-state index contributed by atoms with van der Waals surface area (Å²) in [4.78, 5) is 10.5. The highest BCUT2D eigenvalue weighted by atomic mass is 35.5. The fourth-order valence-corrected chi connectivity index (χ4v) is 2.21. The summed E-state index contributed by atoms with van der Waals surface area (Å²) in [5.41, 5.74) is 0.666. The second-order valence-electron chi connectivity index (χ2n) is 4.08. The highest BCUT2D eigenvalue weighted by molar-refractivity contribution is 6.28. The minimum Gasteiger partial charge on any atom is -0.375 e. The summed E-state index contributed by atoms with van der Waals surface area (Å²) in [6.45, 7) is 4.34. The molecular weight excluding hydrogens is 242 g/mol. The number of ether oxygens (including phenoxy) is 1. The maximum absolute atomic E-state index is 5.91. The number of morpholine rings is 1. The number of nitrogens with zero attached hydrogens (tertiary/aromatic N) is 4. The molecule has 3 rings (SSSR count). The van der Waals surface area contributed by atoms with Crippen molar-refractivity contribution >= 4 is 28.5 Å². The Balaban J connectivity index is 2.06. The molecule has 1 fully saturated rings. The fourth-order valence-electron chi connectivity index (χ4n) is 2.04. The third-order valence-corrected chi connectivity index (χ3v) is 2.97. The fraction of sp³-hybridized carbons (Fsp3) is 0.500. The summed E-state index contributed by atoms with van der Waals surface area (Å²) < 4.78 is 5.51. The Bertz CT molecular complexity index is 542. The highest BCUT2D eigenvalue weighted by Gasteiger charge is 2.21. The molecule has 1 aliphatic heterocycles. The predicted octanol–water partition coefficient (Wildman–Crippen LogP) is 1.23. The molecular formula is C10H12ClN5O. The molecule has 3 heterocycles. The standard InChI is InChI=1S/C10H12ClN5O/c1-6-5-16(2-3-17-6)9-7-4-12-15-8(7)13-10(11)14-9/h4,6H,2-3,5H2,1H3,(H,12,13,14,15). The van der Waals surface area contributed by atoms with Crippen LogP contribution in [-0.4, -0.2) is 46.0 Å². The van der Waals surface area contributed by atoms with Gasteiger partial charge in [-0.2, -0.15) is 15.1 Å². The van der Waals surface area contributed by atoms with Crippen molar-refractivity contribution in [2.45, 2.75) is 13.0 Å². The van der Waals surface area contributed by atoms with Crippen molar-refractivity contribution in [1.82, 2.24) is 20.2 Å². The molecule has 1 aliphatic rings. The van der Waals surface area contributed by atoms with Crippen LogP contribution in [0.2, 0.25) is 5.28 Å². The lowest BCUT2D eigenvalue weighted by Gasteiger charge is -2.32. The zero-order valence-electron chi connectivity index (χ0n) is 9.35. The third-order valence-electron chi connectivity index (χ3n) is 2.80. The second-order valence-corrected chi connectivity index (χ2v) is 4.41. The molecule has 1 atom stereocenters. The number of nitrogens with one attached hydrogen (secondary N) is 1. The molecule has 0 radical (unpaired) electrons. The molecule has 6 nitrogen and oxygen atoms in total. The average molecular weight is 254 g/mol. The number of hydrogen-bond acceptors (Lipinski definition) is 5. The van der Waals surface area contributed by atoms with Crippen LogP contribution >= 0.6 is 11.6 Å². The van der Waals surface area contributed by atoms with Crippen molar-refractivity contribution in [2.75, 3.05) is 24.6 Å². The SMILES string of the molecule is CC1CN(c2nc(Cl)nc3[nH]ncc23)CCO1. The van der Waals surface area contributed by atoms with Crippen LogP contribution in [-0.2, 0) is 4.74 Å². The molecule has 1 unspecified atom stereocenters. The van der Waals surface area contributed by atoms with Gasteiger partial charge >= 0.3 is 0 Å². The summed E-state index contributed by atoms with van der Waals surface area (Å²) in [7, 11) is 0. The predicted molar refractivity (Wildman–Crippen MR) is 64.3 cm³/mol. The van der Waals surface area contributed by atoms with Gasteiger partial charge in [-0.15, -0.1) is 0 Å². The summed E-state index contributed by atoms with van der Waals surface area (Å²) in [6, 6.07) is 0. The van der Waals surface area contributed by atoms with Crippen LogP contribution in [0.25, 0.3) is 11.0 Å². The van der Waals surface area contributed by atoms with Gasteiger partial charge in [0.1, 0.15) is 5.82 Å². The van der Waals surface area contributed by atoms with Gasteiger partial charge < -0.3 is 9.64 Å². The monoisotopic (exact) mass is 253 g/mol. The Kier molecular flexibility index (Phi) is 2.60. The van der Waals surface area contributed by atoms with Crippen LogP contribution in [0.1, 0.15) is 6.92 Å². The minimum atomic E-state index is 0.194. The molecule has 1 N–H and O–H groups in total. The van der Waals surface area contributed by atoms with Crippen molar-refractivity contribution in [2.24, 2.45) is 0 Å². The van der Waals surface area contributed by atoms with E-state index in [9.17, 15) is 0 Å². The zero-order valence-corrected chi connectivity index (χ0v) is 10.1. The lowest BCUT2D eigenvalue weighted by atomic mass is 10.2. The Morgan fingerprint density at radius 2 is 2.41 bits per heavy atom. The molecule has 2 aromatic rings. The molecule has 1 saturated heterocycles. The number of anilines is 1. The van der Waals surface area contributed by atoms with Gasteiger partial charge in [-0.3, -0.25) is 5.10 Å². The number of hydrogen-bond donors (Lipinski definition) is 1. The Morgan fingerprint density at radius 3 is 3.24 bits per heavy atom. The summed E-state index contributed by atoms with van der Waals surface area (Å²) in [5.74, 6) is 0.823. The van der Waals surface area contributed by atoms with Crippen LogP contribution in [0, 0.1) is 0 Å². The van der Waals surface area contributed by atoms with Gasteiger partial charge in [-0.25, -0.2) is 0 Å². The van der Waals surface area contributed by atoms with Crippen LogP contribution < -0.4 is 4.90 Å². The largest absolute Gasteiger partial charge is 0.375 e. The number of aromatic nitrogens is 4. The van der Waals surface area contributed by atoms with E-state index in [2.05, 4.69) is 25.1 Å². The highest BCUT2D eigenvalue weighted by Crippen LogP contribution is 2.25.